The first-order chi connectivity index (χ1) is 7.58. The van der Waals surface area contributed by atoms with E-state index in [9.17, 15) is 0 Å². The van der Waals surface area contributed by atoms with E-state index in [1.54, 1.807) is 0 Å². The van der Waals surface area contributed by atoms with Crippen LogP contribution in [0.1, 0.15) is 23.6 Å². The lowest BCUT2D eigenvalue weighted by atomic mass is 10.0. The van der Waals surface area contributed by atoms with Crippen LogP contribution in [0.5, 0.6) is 0 Å². The molecule has 0 aliphatic carbocycles. The van der Waals surface area contributed by atoms with Gasteiger partial charge in [0.1, 0.15) is 0 Å². The van der Waals surface area contributed by atoms with E-state index in [0.29, 0.717) is 6.04 Å². The fourth-order valence-electron chi connectivity index (χ4n) is 2.44. The number of piperazine rings is 1. The Bertz CT molecular complexity index is 385. The minimum Gasteiger partial charge on any atom is -0.368 e. The van der Waals surface area contributed by atoms with Gasteiger partial charge in [0, 0.05) is 31.4 Å². The van der Waals surface area contributed by atoms with Crippen molar-refractivity contribution in [3.05, 3.63) is 28.8 Å². The molecule has 1 N–H and O–H groups in total. The van der Waals surface area contributed by atoms with E-state index < -0.39 is 0 Å². The molecule has 1 aliphatic heterocycles. The Kier molecular flexibility index (Phi) is 3.20. The number of nitrogens with one attached hydrogen (secondary N) is 1. The molecule has 0 amide bonds. The Balaban J connectivity index is 2.29. The summed E-state index contributed by atoms with van der Waals surface area (Å²) in [5.41, 5.74) is 5.60. The molecule has 0 bridgehead atoms. The van der Waals surface area contributed by atoms with Gasteiger partial charge < -0.3 is 10.2 Å². The topological polar surface area (TPSA) is 15.3 Å². The van der Waals surface area contributed by atoms with E-state index in [1.165, 1.54) is 22.4 Å². The van der Waals surface area contributed by atoms with Crippen molar-refractivity contribution in [1.82, 2.24) is 5.32 Å². The normalized spacial score (nSPS) is 21.2. The fraction of sp³-hybridized carbons (Fsp3) is 0.571. The summed E-state index contributed by atoms with van der Waals surface area (Å²) in [6.07, 6.45) is 0. The summed E-state index contributed by atoms with van der Waals surface area (Å²) in [7, 11) is 0. The van der Waals surface area contributed by atoms with Gasteiger partial charge in [-0.05, 0) is 50.5 Å². The molecule has 1 heterocycles. The Morgan fingerprint density at radius 2 is 1.81 bits per heavy atom. The van der Waals surface area contributed by atoms with Crippen molar-refractivity contribution in [2.75, 3.05) is 24.5 Å². The second kappa shape index (κ2) is 4.46. The van der Waals surface area contributed by atoms with Crippen molar-refractivity contribution in [3.8, 4) is 0 Å². The van der Waals surface area contributed by atoms with Crippen molar-refractivity contribution < 1.29 is 0 Å². The van der Waals surface area contributed by atoms with Gasteiger partial charge in [0.25, 0.3) is 0 Å². The predicted octanol–water partition coefficient (Wildman–Crippen LogP) is 2.41. The third-order valence-corrected chi connectivity index (χ3v) is 3.52. The van der Waals surface area contributed by atoms with Crippen LogP contribution in [0.15, 0.2) is 12.1 Å². The van der Waals surface area contributed by atoms with E-state index in [-0.39, 0.29) is 0 Å². The van der Waals surface area contributed by atoms with Crippen LogP contribution in [0.3, 0.4) is 0 Å². The van der Waals surface area contributed by atoms with Crippen LogP contribution in [-0.2, 0) is 0 Å². The molecule has 1 atom stereocenters. The van der Waals surface area contributed by atoms with E-state index in [1.807, 2.05) is 0 Å². The highest BCUT2D eigenvalue weighted by Crippen LogP contribution is 2.24. The molecule has 0 aromatic heterocycles. The zero-order valence-electron chi connectivity index (χ0n) is 10.8. The molecule has 0 spiro atoms. The molecule has 2 rings (SSSR count). The average molecular weight is 218 g/mol. The largest absolute Gasteiger partial charge is 0.368 e. The first-order valence-electron chi connectivity index (χ1n) is 6.14. The summed E-state index contributed by atoms with van der Waals surface area (Å²) in [5.74, 6) is 0. The minimum absolute atomic E-state index is 0.592. The second-order valence-corrected chi connectivity index (χ2v) is 5.02. The number of rotatable bonds is 1. The van der Waals surface area contributed by atoms with Crippen LogP contribution in [0.4, 0.5) is 5.69 Å². The zero-order chi connectivity index (χ0) is 11.7. The maximum Gasteiger partial charge on any atom is 0.0399 e. The van der Waals surface area contributed by atoms with Gasteiger partial charge in [0.2, 0.25) is 0 Å². The van der Waals surface area contributed by atoms with Gasteiger partial charge in [-0.1, -0.05) is 6.07 Å². The van der Waals surface area contributed by atoms with Gasteiger partial charge in [0.15, 0.2) is 0 Å². The standard InChI is InChI=1S/C14H22N2/c1-10-7-12(3)14(8-11(10)2)16-6-5-15-13(4)9-16/h7-8,13,15H,5-6,9H2,1-4H3. The number of benzene rings is 1. The van der Waals surface area contributed by atoms with Crippen molar-refractivity contribution in [2.24, 2.45) is 0 Å². The lowest BCUT2D eigenvalue weighted by Gasteiger charge is -2.35. The molecule has 1 fully saturated rings. The quantitative estimate of drug-likeness (QED) is 0.778. The van der Waals surface area contributed by atoms with Crippen molar-refractivity contribution in [2.45, 2.75) is 33.7 Å². The highest BCUT2D eigenvalue weighted by Gasteiger charge is 2.17. The number of hydrogen-bond donors (Lipinski definition) is 1. The van der Waals surface area contributed by atoms with Gasteiger partial charge in [-0.25, -0.2) is 0 Å². The van der Waals surface area contributed by atoms with Crippen LogP contribution in [0.2, 0.25) is 0 Å². The van der Waals surface area contributed by atoms with Crippen LogP contribution >= 0.6 is 0 Å². The zero-order valence-corrected chi connectivity index (χ0v) is 10.8. The third kappa shape index (κ3) is 2.22. The SMILES string of the molecule is Cc1cc(C)c(N2CCNC(C)C2)cc1C. The Hall–Kier alpha value is -1.02. The van der Waals surface area contributed by atoms with Gasteiger partial charge in [-0.3, -0.25) is 0 Å². The summed E-state index contributed by atoms with van der Waals surface area (Å²) in [6.45, 7) is 12.2. The maximum absolute atomic E-state index is 3.49. The number of anilines is 1. The second-order valence-electron chi connectivity index (χ2n) is 5.02. The lowest BCUT2D eigenvalue weighted by Crippen LogP contribution is -2.49. The minimum atomic E-state index is 0.592. The Morgan fingerprint density at radius 3 is 2.50 bits per heavy atom. The van der Waals surface area contributed by atoms with Gasteiger partial charge >= 0.3 is 0 Å². The molecule has 0 radical (unpaired) electrons. The molecule has 1 unspecified atom stereocenters. The van der Waals surface area contributed by atoms with Crippen molar-refractivity contribution in [1.29, 1.82) is 0 Å². The summed E-state index contributed by atoms with van der Waals surface area (Å²) in [5, 5.41) is 3.49. The van der Waals surface area contributed by atoms with Crippen LogP contribution in [-0.4, -0.2) is 25.7 Å². The highest BCUT2D eigenvalue weighted by molar-refractivity contribution is 5.57. The van der Waals surface area contributed by atoms with Crippen molar-refractivity contribution in [3.63, 3.8) is 0 Å². The molecule has 0 saturated carbocycles. The van der Waals surface area contributed by atoms with E-state index in [4.69, 9.17) is 0 Å². The van der Waals surface area contributed by atoms with Crippen LogP contribution < -0.4 is 10.2 Å². The highest BCUT2D eigenvalue weighted by atomic mass is 15.2. The lowest BCUT2D eigenvalue weighted by molar-refractivity contribution is 0.484. The molecular weight excluding hydrogens is 196 g/mol. The molecule has 2 nitrogen and oxygen atoms in total. The summed E-state index contributed by atoms with van der Waals surface area (Å²) < 4.78 is 0. The van der Waals surface area contributed by atoms with Crippen LogP contribution in [0.25, 0.3) is 0 Å². The monoisotopic (exact) mass is 218 g/mol. The molecular formula is C14H22N2. The Labute approximate surface area is 98.7 Å². The Morgan fingerprint density at radius 1 is 1.12 bits per heavy atom. The summed E-state index contributed by atoms with van der Waals surface area (Å²) in [4.78, 5) is 2.50. The number of nitrogens with zero attached hydrogens (tertiary/aromatic N) is 1. The smallest absolute Gasteiger partial charge is 0.0399 e. The molecule has 1 aromatic rings. The molecule has 1 aromatic carbocycles. The fourth-order valence-corrected chi connectivity index (χ4v) is 2.44. The summed E-state index contributed by atoms with van der Waals surface area (Å²) in [6, 6.07) is 5.23. The van der Waals surface area contributed by atoms with E-state index in [0.717, 1.165) is 19.6 Å². The van der Waals surface area contributed by atoms with E-state index >= 15 is 0 Å². The molecule has 1 aliphatic rings. The number of aryl methyl sites for hydroxylation is 3. The predicted molar refractivity (Wildman–Crippen MR) is 70.3 cm³/mol. The number of hydrogen-bond acceptors (Lipinski definition) is 2. The average Bonchev–Trinajstić information content (AvgIpc) is 2.23. The summed E-state index contributed by atoms with van der Waals surface area (Å²) >= 11 is 0. The molecule has 16 heavy (non-hydrogen) atoms. The molecule has 2 heteroatoms. The molecule has 1 saturated heterocycles. The van der Waals surface area contributed by atoms with Gasteiger partial charge in [-0.2, -0.15) is 0 Å². The third-order valence-electron chi connectivity index (χ3n) is 3.52. The van der Waals surface area contributed by atoms with Crippen molar-refractivity contribution >= 4 is 5.69 Å². The van der Waals surface area contributed by atoms with Crippen LogP contribution in [0, 0.1) is 20.8 Å². The molecule has 88 valence electrons. The van der Waals surface area contributed by atoms with Gasteiger partial charge in [0.05, 0.1) is 0 Å². The van der Waals surface area contributed by atoms with Gasteiger partial charge in [-0.15, -0.1) is 0 Å². The first-order valence-corrected chi connectivity index (χ1v) is 6.14. The maximum atomic E-state index is 3.49. The van der Waals surface area contributed by atoms with E-state index in [2.05, 4.69) is 50.0 Å². The first kappa shape index (κ1) is 11.5.